The van der Waals surface area contributed by atoms with Gasteiger partial charge in [-0.15, -0.1) is 24.3 Å². The van der Waals surface area contributed by atoms with Crippen LogP contribution in [-0.2, 0) is 20.1 Å². The molecule has 4 aromatic heterocycles. The topological polar surface area (TPSA) is 71.3 Å². The van der Waals surface area contributed by atoms with Gasteiger partial charge in [0.2, 0.25) is 0 Å². The van der Waals surface area contributed by atoms with Crippen molar-refractivity contribution < 1.29 is 20.1 Å². The van der Waals surface area contributed by atoms with Gasteiger partial charge in [-0.3, -0.25) is 0 Å². The minimum absolute atomic E-state index is 0. The molecule has 0 N–H and O–H groups in total. The summed E-state index contributed by atoms with van der Waals surface area (Å²) in [6.45, 7) is 29.3. The molecule has 8 nitrogen and oxygen atoms in total. The van der Waals surface area contributed by atoms with E-state index in [0.717, 1.165) is 68.3 Å². The summed E-state index contributed by atoms with van der Waals surface area (Å²) in [4.78, 5) is 9.43. The number of aryl methyl sites for hydroxylation is 4. The molecular weight excluding hydrogens is 953 g/mol. The predicted molar refractivity (Wildman–Crippen MR) is 264 cm³/mol. The van der Waals surface area contributed by atoms with Crippen LogP contribution in [0.3, 0.4) is 0 Å². The number of rotatable bonds is 7. The van der Waals surface area contributed by atoms with Crippen LogP contribution in [0.25, 0.3) is 51.6 Å². The van der Waals surface area contributed by atoms with Crippen molar-refractivity contribution in [2.75, 3.05) is 0 Å². The Morgan fingerprint density at radius 2 is 0.889 bits per heavy atom. The van der Waals surface area contributed by atoms with Gasteiger partial charge in [-0.05, 0) is 133 Å². The van der Waals surface area contributed by atoms with Crippen LogP contribution in [0.1, 0.15) is 103 Å². The third kappa shape index (κ3) is 10.0. The van der Waals surface area contributed by atoms with Crippen molar-refractivity contribution in [3.8, 4) is 45.5 Å². The van der Waals surface area contributed by atoms with Crippen molar-refractivity contribution in [1.29, 1.82) is 0 Å². The molecule has 0 saturated carbocycles. The molecule has 0 amide bonds. The second kappa shape index (κ2) is 21.5. The Morgan fingerprint density at radius 3 is 1.27 bits per heavy atom. The van der Waals surface area contributed by atoms with Crippen LogP contribution in [0.2, 0.25) is 0 Å². The van der Waals surface area contributed by atoms with Gasteiger partial charge < -0.3 is 9.13 Å². The molecule has 9 heteroatoms. The molecule has 8 aromatic rings. The third-order valence-electron chi connectivity index (χ3n) is 11.7. The molecule has 0 aliphatic heterocycles. The number of hydrogen-bond donors (Lipinski definition) is 0. The standard InChI is InChI=1S/C26H27N4.C24H25N4.4CH4.Ir/c1-8-22-12-13-25(16(2)14-22)26-27-21(7)28-30(26)24-11-9-10-23(15-24)29-19(5)17(3)18(4)20(29)6;1-15-10-7-8-13-23(15)24-25-20(6)26-28(24)22-12-9-11-21(14-22)27-18(4)16(2)17(3)19(27)5;;;;;/h8-10,12-15H,1H2,2-7H3;7-11,13-14H,1-6H3;4*1H4;/q2*-1;;;;;. The van der Waals surface area contributed by atoms with Crippen LogP contribution in [0.4, 0.5) is 0 Å². The molecule has 0 fully saturated rings. The van der Waals surface area contributed by atoms with E-state index in [9.17, 15) is 0 Å². The Labute approximate surface area is 392 Å². The molecule has 0 aliphatic carbocycles. The predicted octanol–water partition coefficient (Wildman–Crippen LogP) is 13.9. The fourth-order valence-corrected chi connectivity index (χ4v) is 7.84. The van der Waals surface area contributed by atoms with Gasteiger partial charge >= 0.3 is 0 Å². The van der Waals surface area contributed by atoms with E-state index in [-0.39, 0.29) is 49.8 Å². The molecule has 4 aromatic carbocycles. The molecular formula is C54H68IrN8-2. The molecule has 0 saturated heterocycles. The fourth-order valence-electron chi connectivity index (χ4n) is 7.84. The average Bonchev–Trinajstić information content (AvgIpc) is 3.91. The van der Waals surface area contributed by atoms with E-state index in [0.29, 0.717) is 0 Å². The van der Waals surface area contributed by atoms with E-state index in [1.54, 1.807) is 0 Å². The first kappa shape index (κ1) is 53.2. The number of benzene rings is 4. The van der Waals surface area contributed by atoms with Crippen molar-refractivity contribution in [3.63, 3.8) is 0 Å². The van der Waals surface area contributed by atoms with E-state index in [1.807, 2.05) is 53.6 Å². The van der Waals surface area contributed by atoms with Crippen molar-refractivity contribution in [1.82, 2.24) is 38.7 Å². The van der Waals surface area contributed by atoms with Crippen LogP contribution in [0.5, 0.6) is 0 Å². The Kier molecular flexibility index (Phi) is 18.1. The minimum Gasteiger partial charge on any atom is -0.341 e. The van der Waals surface area contributed by atoms with Crippen LogP contribution in [0.15, 0.2) is 85.4 Å². The van der Waals surface area contributed by atoms with Crippen molar-refractivity contribution in [3.05, 3.63) is 171 Å². The van der Waals surface area contributed by atoms with E-state index < -0.39 is 0 Å². The van der Waals surface area contributed by atoms with E-state index in [4.69, 9.17) is 9.97 Å². The zero-order valence-corrected chi connectivity index (χ0v) is 38.6. The molecule has 63 heavy (non-hydrogen) atoms. The fraction of sp³-hybridized carbons (Fsp3) is 0.296. The second-order valence-electron chi connectivity index (χ2n) is 15.3. The van der Waals surface area contributed by atoms with Crippen LogP contribution in [-0.4, -0.2) is 38.7 Å². The summed E-state index contributed by atoms with van der Waals surface area (Å²) in [5, 5.41) is 9.35. The van der Waals surface area contributed by atoms with Crippen molar-refractivity contribution >= 4 is 6.08 Å². The summed E-state index contributed by atoms with van der Waals surface area (Å²) in [7, 11) is 0. The maximum atomic E-state index is 4.73. The summed E-state index contributed by atoms with van der Waals surface area (Å²) in [5.41, 5.74) is 19.9. The SMILES string of the molecule is C.C.C.C.C=Cc1ccc(-c2nc(C)nn2-c2[c-]ccc(-n3c(C)c(C)c(C)c3C)c2)c(C)c1.Cc1nc(-c2ccccc2C)n(-c2[c-]ccc(-n3c(C)c(C)c(C)c3C)c2)n1.[Ir]. The van der Waals surface area contributed by atoms with Crippen molar-refractivity contribution in [2.24, 2.45) is 0 Å². The second-order valence-corrected chi connectivity index (χ2v) is 15.3. The molecule has 0 bridgehead atoms. The first-order valence-electron chi connectivity index (χ1n) is 19.7. The summed E-state index contributed by atoms with van der Waals surface area (Å²) >= 11 is 0. The smallest absolute Gasteiger partial charge is 0.161 e. The Balaban J connectivity index is 0.000000402. The van der Waals surface area contributed by atoms with Gasteiger partial charge in [-0.1, -0.05) is 96.2 Å². The first-order chi connectivity index (χ1) is 27.7. The van der Waals surface area contributed by atoms with E-state index >= 15 is 0 Å². The zero-order valence-electron chi connectivity index (χ0n) is 36.2. The Hall–Kier alpha value is -5.89. The van der Waals surface area contributed by atoms with Gasteiger partial charge in [0.25, 0.3) is 0 Å². The quantitative estimate of drug-likeness (QED) is 0.149. The van der Waals surface area contributed by atoms with Crippen LogP contribution in [0, 0.1) is 95.2 Å². The maximum absolute atomic E-state index is 4.73. The maximum Gasteiger partial charge on any atom is 0.161 e. The normalized spacial score (nSPS) is 10.3. The van der Waals surface area contributed by atoms with Crippen molar-refractivity contribution in [2.45, 2.75) is 113 Å². The third-order valence-corrected chi connectivity index (χ3v) is 11.7. The van der Waals surface area contributed by atoms with Gasteiger partial charge in [0.05, 0.1) is 0 Å². The molecule has 0 atom stereocenters. The largest absolute Gasteiger partial charge is 0.341 e. The summed E-state index contributed by atoms with van der Waals surface area (Å²) in [6.07, 6.45) is 1.86. The monoisotopic (exact) mass is 1020 g/mol. The van der Waals surface area contributed by atoms with Gasteiger partial charge in [0, 0.05) is 54.0 Å². The Bertz CT molecular complexity index is 2790. The molecule has 0 aliphatic rings. The molecule has 8 rings (SSSR count). The van der Waals surface area contributed by atoms with Gasteiger partial charge in [-0.25, -0.2) is 19.3 Å². The Morgan fingerprint density at radius 1 is 0.492 bits per heavy atom. The van der Waals surface area contributed by atoms with Crippen LogP contribution < -0.4 is 0 Å². The average molecular weight is 1020 g/mol. The molecule has 335 valence electrons. The number of aromatic nitrogens is 8. The van der Waals surface area contributed by atoms with E-state index in [2.05, 4.69) is 162 Å². The first-order valence-corrected chi connectivity index (χ1v) is 19.7. The molecule has 0 spiro atoms. The summed E-state index contributed by atoms with van der Waals surface area (Å²) in [5.74, 6) is 3.15. The summed E-state index contributed by atoms with van der Waals surface area (Å²) < 4.78 is 8.40. The zero-order chi connectivity index (χ0) is 41.6. The number of hydrogen-bond acceptors (Lipinski definition) is 4. The molecule has 0 unspecified atom stereocenters. The van der Waals surface area contributed by atoms with Gasteiger partial charge in [0.1, 0.15) is 11.6 Å². The minimum atomic E-state index is 0. The van der Waals surface area contributed by atoms with E-state index in [1.165, 1.54) is 50.6 Å². The molecule has 4 heterocycles. The van der Waals surface area contributed by atoms with Gasteiger partial charge in [0.15, 0.2) is 11.6 Å². The molecule has 1 radical (unpaired) electrons. The number of nitrogens with zero attached hydrogens (tertiary/aromatic N) is 8. The van der Waals surface area contributed by atoms with Gasteiger partial charge in [-0.2, -0.15) is 34.5 Å². The van der Waals surface area contributed by atoms with Crippen LogP contribution >= 0.6 is 0 Å². The summed E-state index contributed by atoms with van der Waals surface area (Å²) in [6, 6.07) is 33.6.